The summed E-state index contributed by atoms with van der Waals surface area (Å²) in [6.45, 7) is 4.12. The minimum atomic E-state index is -0.166. The van der Waals surface area contributed by atoms with Crippen molar-refractivity contribution in [2.24, 2.45) is 5.92 Å². The Bertz CT molecular complexity index is 2500. The lowest BCUT2D eigenvalue weighted by molar-refractivity contribution is 0.744. The predicted molar refractivity (Wildman–Crippen MR) is 202 cm³/mol. The summed E-state index contributed by atoms with van der Waals surface area (Å²) >= 11 is 0. The molecule has 1 aromatic heterocycles. The van der Waals surface area contributed by atoms with E-state index < -0.39 is 0 Å². The normalized spacial score (nSPS) is 19.0. The summed E-state index contributed by atoms with van der Waals surface area (Å²) in [6, 6.07) is 36.2. The van der Waals surface area contributed by atoms with Gasteiger partial charge in [-0.1, -0.05) is 78.9 Å². The Labute approximate surface area is 292 Å². The molecular formula is C45H33N5. The van der Waals surface area contributed by atoms with Gasteiger partial charge < -0.3 is 9.47 Å². The summed E-state index contributed by atoms with van der Waals surface area (Å²) < 4.78 is 2.23. The predicted octanol–water partition coefficient (Wildman–Crippen LogP) is 10.3. The highest BCUT2D eigenvalue weighted by molar-refractivity contribution is 6.08. The third-order valence-corrected chi connectivity index (χ3v) is 10.2. The van der Waals surface area contributed by atoms with Crippen molar-refractivity contribution < 1.29 is 0 Å². The van der Waals surface area contributed by atoms with Crippen LogP contribution in [0.2, 0.25) is 0 Å². The fourth-order valence-corrected chi connectivity index (χ4v) is 8.07. The van der Waals surface area contributed by atoms with Crippen molar-refractivity contribution >= 4 is 39.5 Å². The van der Waals surface area contributed by atoms with E-state index in [0.29, 0.717) is 17.5 Å². The first-order valence-corrected chi connectivity index (χ1v) is 16.9. The van der Waals surface area contributed by atoms with E-state index in [9.17, 15) is 15.8 Å². The molecule has 238 valence electrons. The molecule has 3 atom stereocenters. The molecule has 2 aliphatic carbocycles. The molecule has 4 aromatic carbocycles. The number of rotatable bonds is 5. The molecule has 3 aliphatic rings. The van der Waals surface area contributed by atoms with Crippen LogP contribution in [0.15, 0.2) is 127 Å². The van der Waals surface area contributed by atoms with Gasteiger partial charge in [0.1, 0.15) is 0 Å². The Morgan fingerprint density at radius 1 is 0.760 bits per heavy atom. The van der Waals surface area contributed by atoms with Crippen molar-refractivity contribution in [3.8, 4) is 23.9 Å². The number of para-hydroxylation sites is 2. The molecule has 0 saturated carbocycles. The van der Waals surface area contributed by atoms with Crippen LogP contribution in [0.3, 0.4) is 0 Å². The number of benzene rings is 4. The second-order valence-electron chi connectivity index (χ2n) is 12.9. The molecule has 5 nitrogen and oxygen atoms in total. The van der Waals surface area contributed by atoms with Gasteiger partial charge in [-0.25, -0.2) is 0 Å². The Hall–Kier alpha value is -6.61. The van der Waals surface area contributed by atoms with Gasteiger partial charge in [-0.05, 0) is 103 Å². The number of fused-ring (bicyclic) bond motifs is 6. The van der Waals surface area contributed by atoms with Gasteiger partial charge >= 0.3 is 0 Å². The van der Waals surface area contributed by atoms with Crippen LogP contribution in [-0.4, -0.2) is 10.6 Å². The van der Waals surface area contributed by atoms with Gasteiger partial charge in [0.05, 0.1) is 46.8 Å². The quantitative estimate of drug-likeness (QED) is 0.179. The smallest absolute Gasteiger partial charge is 0.0992 e. The van der Waals surface area contributed by atoms with Crippen molar-refractivity contribution in [1.82, 2.24) is 4.57 Å². The number of nitrogens with zero attached hydrogens (tertiary/aromatic N) is 5. The summed E-state index contributed by atoms with van der Waals surface area (Å²) in [6.07, 6.45) is 17.7. The number of hydrogen-bond donors (Lipinski definition) is 0. The SMILES string of the molecule is C/C=C(\C(=C/C)c1ccccc1N1c2ccc(C#N)cc2C2C=CC=CC21)c1cc(C#N)cc(-n2c3c(c4ccccc42)CC(C#N)C=C3)c1. The molecule has 8 rings (SSSR count). The topological polar surface area (TPSA) is 79.5 Å². The van der Waals surface area contributed by atoms with E-state index in [0.717, 1.165) is 67.1 Å². The van der Waals surface area contributed by atoms with E-state index >= 15 is 0 Å². The van der Waals surface area contributed by atoms with Crippen molar-refractivity contribution in [1.29, 1.82) is 15.8 Å². The Morgan fingerprint density at radius 2 is 1.54 bits per heavy atom. The van der Waals surface area contributed by atoms with E-state index in [1.807, 2.05) is 42.5 Å². The van der Waals surface area contributed by atoms with Crippen LogP contribution in [0.4, 0.5) is 11.4 Å². The second kappa shape index (κ2) is 12.4. The summed E-state index contributed by atoms with van der Waals surface area (Å²) in [5.41, 5.74) is 12.9. The fourth-order valence-electron chi connectivity index (χ4n) is 8.07. The standard InChI is InChI=1S/C45H33N5/c1-3-34(32-21-31(28-48)22-33(25-32)49-41-14-8-6-12-37(41)39-23-29(26-46)17-19-44(39)49)35(4-2)36-11-5-9-15-42(36)50-43-16-10-7-13-38(43)40-24-30(27-47)18-20-45(40)50/h3-22,24-25,29,38,43H,23H2,1-2H3/b34-3-,35-4+. The monoisotopic (exact) mass is 643 g/mol. The van der Waals surface area contributed by atoms with Gasteiger partial charge in [0.2, 0.25) is 0 Å². The minimum Gasteiger partial charge on any atom is -0.333 e. The second-order valence-corrected chi connectivity index (χ2v) is 12.9. The molecule has 50 heavy (non-hydrogen) atoms. The summed E-state index contributed by atoms with van der Waals surface area (Å²) in [5.74, 6) is -0.0256. The summed E-state index contributed by atoms with van der Waals surface area (Å²) in [4.78, 5) is 2.41. The summed E-state index contributed by atoms with van der Waals surface area (Å²) in [5, 5.41) is 30.9. The molecule has 5 heteroatoms. The highest BCUT2D eigenvalue weighted by Crippen LogP contribution is 2.50. The molecule has 5 aromatic rings. The van der Waals surface area contributed by atoms with Gasteiger partial charge in [0.25, 0.3) is 0 Å². The maximum absolute atomic E-state index is 10.3. The number of nitriles is 3. The average Bonchev–Trinajstić information content (AvgIpc) is 3.68. The first kappa shape index (κ1) is 30.7. The number of aromatic nitrogens is 1. The molecule has 2 heterocycles. The Balaban J connectivity index is 1.27. The highest BCUT2D eigenvalue weighted by Gasteiger charge is 2.38. The van der Waals surface area contributed by atoms with Crippen LogP contribution in [0.25, 0.3) is 33.8 Å². The first-order chi connectivity index (χ1) is 24.6. The van der Waals surface area contributed by atoms with Crippen LogP contribution < -0.4 is 4.90 Å². The van der Waals surface area contributed by atoms with Gasteiger partial charge in [0.15, 0.2) is 0 Å². The maximum Gasteiger partial charge on any atom is 0.0992 e. The maximum atomic E-state index is 10.3. The largest absolute Gasteiger partial charge is 0.333 e. The average molecular weight is 644 g/mol. The van der Waals surface area contributed by atoms with Crippen LogP contribution in [0.1, 0.15) is 58.8 Å². The third-order valence-electron chi connectivity index (χ3n) is 10.2. The Morgan fingerprint density at radius 3 is 2.34 bits per heavy atom. The molecule has 0 fully saturated rings. The fraction of sp³-hybridized carbons (Fsp3) is 0.133. The van der Waals surface area contributed by atoms with Crippen LogP contribution in [0, 0.1) is 39.9 Å². The third kappa shape index (κ3) is 4.82. The molecule has 0 spiro atoms. The zero-order valence-electron chi connectivity index (χ0n) is 27.9. The van der Waals surface area contributed by atoms with Crippen LogP contribution in [-0.2, 0) is 6.42 Å². The zero-order valence-corrected chi connectivity index (χ0v) is 27.9. The lowest BCUT2D eigenvalue weighted by Crippen LogP contribution is -2.29. The Kier molecular flexibility index (Phi) is 7.64. The molecule has 0 amide bonds. The van der Waals surface area contributed by atoms with Gasteiger partial charge in [0, 0.05) is 39.6 Å². The lowest BCUT2D eigenvalue weighted by atomic mass is 9.88. The van der Waals surface area contributed by atoms with Gasteiger partial charge in [-0.3, -0.25) is 0 Å². The van der Waals surface area contributed by atoms with E-state index in [-0.39, 0.29) is 17.9 Å². The number of allylic oxidation sites excluding steroid dienone is 7. The molecule has 3 unspecified atom stereocenters. The van der Waals surface area contributed by atoms with E-state index in [1.54, 1.807) is 0 Å². The highest BCUT2D eigenvalue weighted by atomic mass is 15.2. The van der Waals surface area contributed by atoms with Crippen LogP contribution >= 0.6 is 0 Å². The van der Waals surface area contributed by atoms with Crippen molar-refractivity contribution in [3.05, 3.63) is 167 Å². The first-order valence-electron chi connectivity index (χ1n) is 16.9. The molecular weight excluding hydrogens is 611 g/mol. The van der Waals surface area contributed by atoms with Crippen molar-refractivity contribution in [2.45, 2.75) is 32.2 Å². The van der Waals surface area contributed by atoms with E-state index in [2.05, 4.69) is 133 Å². The van der Waals surface area contributed by atoms with E-state index in [4.69, 9.17) is 0 Å². The number of hydrogen-bond acceptors (Lipinski definition) is 4. The molecule has 0 radical (unpaired) electrons. The van der Waals surface area contributed by atoms with E-state index in [1.165, 1.54) is 0 Å². The molecule has 0 N–H and O–H groups in total. The van der Waals surface area contributed by atoms with Gasteiger partial charge in [-0.15, -0.1) is 0 Å². The lowest BCUT2D eigenvalue weighted by Gasteiger charge is -2.31. The van der Waals surface area contributed by atoms with Crippen LogP contribution in [0.5, 0.6) is 0 Å². The van der Waals surface area contributed by atoms with Crippen molar-refractivity contribution in [2.75, 3.05) is 4.90 Å². The minimum absolute atomic E-state index is 0.0765. The van der Waals surface area contributed by atoms with Gasteiger partial charge in [-0.2, -0.15) is 15.8 Å². The molecule has 0 bridgehead atoms. The molecule has 0 saturated heterocycles. The van der Waals surface area contributed by atoms with Crippen molar-refractivity contribution in [3.63, 3.8) is 0 Å². The number of anilines is 2. The summed E-state index contributed by atoms with van der Waals surface area (Å²) in [7, 11) is 0. The molecule has 1 aliphatic heterocycles. The zero-order chi connectivity index (χ0) is 34.4.